The van der Waals surface area contributed by atoms with E-state index in [4.69, 9.17) is 4.43 Å². The monoisotopic (exact) mass is 420 g/mol. The Morgan fingerprint density at radius 3 is 1.70 bits per heavy atom. The average molecular weight is 421 g/mol. The Hall–Kier alpha value is -1.71. The third-order valence-corrected chi connectivity index (χ3v) is 12.7. The van der Waals surface area contributed by atoms with Crippen LogP contribution in [0.1, 0.15) is 72.1 Å². The van der Waals surface area contributed by atoms with Crippen molar-refractivity contribution in [2.75, 3.05) is 0 Å². The smallest absolute Gasteiger partial charge is 0.261 e. The zero-order chi connectivity index (χ0) is 21.2. The van der Waals surface area contributed by atoms with Crippen LogP contribution in [0.2, 0.25) is 5.04 Å². The maximum atomic E-state index is 11.7. The molecule has 0 aliphatic heterocycles. The number of ketones is 1. The van der Waals surface area contributed by atoms with Crippen LogP contribution in [0.5, 0.6) is 0 Å². The van der Waals surface area contributed by atoms with Gasteiger partial charge in [-0.25, -0.2) is 0 Å². The van der Waals surface area contributed by atoms with Crippen LogP contribution in [0.4, 0.5) is 0 Å². The van der Waals surface area contributed by atoms with Crippen LogP contribution in [-0.2, 0) is 9.22 Å². The van der Waals surface area contributed by atoms with Gasteiger partial charge in [-0.15, -0.1) is 0 Å². The molecule has 0 bridgehead atoms. The van der Waals surface area contributed by atoms with Crippen LogP contribution in [-0.4, -0.2) is 20.2 Å². The Kier molecular flexibility index (Phi) is 6.05. The van der Waals surface area contributed by atoms with E-state index in [-0.39, 0.29) is 5.04 Å². The van der Waals surface area contributed by atoms with E-state index in [2.05, 4.69) is 81.4 Å². The van der Waals surface area contributed by atoms with Crippen LogP contribution < -0.4 is 10.4 Å². The fourth-order valence-electron chi connectivity index (χ4n) is 5.82. The maximum absolute atomic E-state index is 11.7. The van der Waals surface area contributed by atoms with Gasteiger partial charge < -0.3 is 4.43 Å². The molecule has 0 unspecified atom stereocenters. The molecule has 0 aromatic heterocycles. The number of benzene rings is 2. The second-order valence-corrected chi connectivity index (χ2v) is 14.8. The SMILES string of the molecule is CC(C)(C)[Si](OC1CCC2(CCC(=O)CC2)CC1)(c1ccccc1)c1ccccc1. The molecule has 0 radical (unpaired) electrons. The van der Waals surface area contributed by atoms with E-state index in [1.807, 2.05) is 0 Å². The van der Waals surface area contributed by atoms with E-state index >= 15 is 0 Å². The predicted molar refractivity (Wildman–Crippen MR) is 127 cm³/mol. The highest BCUT2D eigenvalue weighted by molar-refractivity contribution is 6.99. The fraction of sp³-hybridized carbons (Fsp3) is 0.519. The standard InChI is InChI=1S/C27H36O2Si/c1-26(2,3)30(24-10-6-4-7-11-24,25-12-8-5-9-13-25)29-23-16-20-27(21-17-23)18-14-22(28)15-19-27/h4-13,23H,14-21H2,1-3H3. The zero-order valence-electron chi connectivity index (χ0n) is 18.8. The summed E-state index contributed by atoms with van der Waals surface area (Å²) in [5.41, 5.74) is 0.402. The van der Waals surface area contributed by atoms with Gasteiger partial charge in [-0.3, -0.25) is 4.79 Å². The summed E-state index contributed by atoms with van der Waals surface area (Å²) in [4.78, 5) is 11.7. The lowest BCUT2D eigenvalue weighted by molar-refractivity contribution is -0.123. The molecule has 0 N–H and O–H groups in total. The van der Waals surface area contributed by atoms with E-state index in [1.54, 1.807) is 0 Å². The largest absolute Gasteiger partial charge is 0.404 e. The van der Waals surface area contributed by atoms with Crippen LogP contribution in [0.3, 0.4) is 0 Å². The highest BCUT2D eigenvalue weighted by atomic mass is 28.4. The molecule has 0 amide bonds. The van der Waals surface area contributed by atoms with Gasteiger partial charge in [0.25, 0.3) is 8.32 Å². The molecule has 0 atom stereocenters. The molecule has 0 saturated heterocycles. The third-order valence-electron chi connectivity index (χ3n) is 7.62. The molecular weight excluding hydrogens is 384 g/mol. The van der Waals surface area contributed by atoms with Crippen molar-refractivity contribution in [1.29, 1.82) is 0 Å². The molecule has 1 spiro atoms. The number of Topliss-reactive ketones (excluding diaryl/α,β-unsaturated/α-hetero) is 1. The molecule has 160 valence electrons. The number of rotatable bonds is 4. The summed E-state index contributed by atoms with van der Waals surface area (Å²) in [6.07, 6.45) is 8.75. The second-order valence-electron chi connectivity index (χ2n) is 10.5. The Morgan fingerprint density at radius 2 is 1.27 bits per heavy atom. The molecule has 0 heterocycles. The van der Waals surface area contributed by atoms with Crippen LogP contribution in [0, 0.1) is 5.41 Å². The minimum atomic E-state index is -2.46. The first kappa shape index (κ1) is 21.5. The van der Waals surface area contributed by atoms with E-state index in [9.17, 15) is 4.79 Å². The predicted octanol–water partition coefficient (Wildman–Crippen LogP) is 5.64. The summed E-state index contributed by atoms with van der Waals surface area (Å²) in [5, 5.41) is 2.77. The highest BCUT2D eigenvalue weighted by Crippen LogP contribution is 2.48. The van der Waals surface area contributed by atoms with Crippen molar-refractivity contribution in [3.63, 3.8) is 0 Å². The van der Waals surface area contributed by atoms with Crippen LogP contribution >= 0.6 is 0 Å². The number of hydrogen-bond donors (Lipinski definition) is 0. The highest BCUT2D eigenvalue weighted by Gasteiger charge is 2.52. The van der Waals surface area contributed by atoms with Crippen molar-refractivity contribution >= 4 is 24.5 Å². The minimum absolute atomic E-state index is 0.0299. The lowest BCUT2D eigenvalue weighted by atomic mass is 9.65. The average Bonchev–Trinajstić information content (AvgIpc) is 2.76. The Bertz CT molecular complexity index is 794. The van der Waals surface area contributed by atoms with Gasteiger partial charge in [0, 0.05) is 18.9 Å². The molecular formula is C27H36O2Si. The Morgan fingerprint density at radius 1 is 0.800 bits per heavy atom. The molecule has 4 rings (SSSR count). The summed E-state index contributed by atoms with van der Waals surface area (Å²) >= 11 is 0. The first-order valence-electron chi connectivity index (χ1n) is 11.7. The number of carbonyl (C=O) groups is 1. The van der Waals surface area contributed by atoms with Crippen LogP contribution in [0.15, 0.2) is 60.7 Å². The van der Waals surface area contributed by atoms with E-state index < -0.39 is 8.32 Å². The van der Waals surface area contributed by atoms with E-state index in [1.165, 1.54) is 23.2 Å². The van der Waals surface area contributed by atoms with E-state index in [0.717, 1.165) is 38.5 Å². The molecule has 2 saturated carbocycles. The zero-order valence-corrected chi connectivity index (χ0v) is 19.8. The summed E-state index contributed by atoms with van der Waals surface area (Å²) in [6.45, 7) is 7.07. The molecule has 3 heteroatoms. The summed E-state index contributed by atoms with van der Waals surface area (Å²) in [5.74, 6) is 0.464. The molecule has 2 aromatic carbocycles. The van der Waals surface area contributed by atoms with Crippen LogP contribution in [0.25, 0.3) is 0 Å². The van der Waals surface area contributed by atoms with Gasteiger partial charge in [-0.1, -0.05) is 81.4 Å². The van der Waals surface area contributed by atoms with Gasteiger partial charge in [0.1, 0.15) is 5.78 Å². The molecule has 30 heavy (non-hydrogen) atoms. The van der Waals surface area contributed by atoms with Crippen molar-refractivity contribution in [2.24, 2.45) is 5.41 Å². The first-order chi connectivity index (χ1) is 14.3. The molecule has 2 fully saturated rings. The Balaban J connectivity index is 1.64. The van der Waals surface area contributed by atoms with Crippen molar-refractivity contribution in [3.8, 4) is 0 Å². The van der Waals surface area contributed by atoms with Crippen molar-refractivity contribution < 1.29 is 9.22 Å². The van der Waals surface area contributed by atoms with E-state index in [0.29, 0.717) is 17.3 Å². The maximum Gasteiger partial charge on any atom is 0.261 e. The lowest BCUT2D eigenvalue weighted by Crippen LogP contribution is -2.68. The Labute approximate surface area is 183 Å². The van der Waals surface area contributed by atoms with Gasteiger partial charge in [0.15, 0.2) is 0 Å². The third kappa shape index (κ3) is 4.07. The number of hydrogen-bond acceptors (Lipinski definition) is 2. The second kappa shape index (κ2) is 8.43. The quantitative estimate of drug-likeness (QED) is 0.599. The number of carbonyl (C=O) groups excluding carboxylic acids is 1. The summed E-state index contributed by atoms with van der Waals surface area (Å²) < 4.78 is 7.34. The van der Waals surface area contributed by atoms with Crippen molar-refractivity contribution in [1.82, 2.24) is 0 Å². The van der Waals surface area contributed by atoms with Gasteiger partial charge in [0.05, 0.1) is 0 Å². The molecule has 2 aliphatic rings. The van der Waals surface area contributed by atoms with Gasteiger partial charge in [0.2, 0.25) is 0 Å². The lowest BCUT2D eigenvalue weighted by Gasteiger charge is -2.48. The molecule has 2 aliphatic carbocycles. The van der Waals surface area contributed by atoms with Gasteiger partial charge in [-0.05, 0) is 59.4 Å². The summed E-state index contributed by atoms with van der Waals surface area (Å²) in [7, 11) is -2.46. The van der Waals surface area contributed by atoms with Crippen molar-refractivity contribution in [3.05, 3.63) is 60.7 Å². The topological polar surface area (TPSA) is 26.3 Å². The van der Waals surface area contributed by atoms with Gasteiger partial charge >= 0.3 is 0 Å². The van der Waals surface area contributed by atoms with Crippen molar-refractivity contribution in [2.45, 2.75) is 83.3 Å². The first-order valence-corrected chi connectivity index (χ1v) is 13.6. The fourth-order valence-corrected chi connectivity index (χ4v) is 10.6. The summed E-state index contributed by atoms with van der Waals surface area (Å²) in [6, 6.07) is 21.9. The molecule has 2 nitrogen and oxygen atoms in total. The molecule has 2 aromatic rings. The minimum Gasteiger partial charge on any atom is -0.404 e. The normalized spacial score (nSPS) is 20.4. The van der Waals surface area contributed by atoms with Gasteiger partial charge in [-0.2, -0.15) is 0 Å².